The molecule has 0 bridgehead atoms. The zero-order chi connectivity index (χ0) is 23.6. The van der Waals surface area contributed by atoms with E-state index in [1.54, 1.807) is 0 Å². The SMILES string of the molecule is CN(C)c1cc[c-]c(-c2cccc(C(C)(C)c3cccc(-c4[c-]ccc(N(C)C)c4)n3)n2)c1.[Pt+2]. The van der Waals surface area contributed by atoms with Crippen molar-refractivity contribution in [1.29, 1.82) is 0 Å². The minimum atomic E-state index is -0.371. The number of rotatable bonds is 6. The van der Waals surface area contributed by atoms with Gasteiger partial charge in [-0.1, -0.05) is 24.3 Å². The van der Waals surface area contributed by atoms with E-state index in [0.717, 1.165) is 45.3 Å². The van der Waals surface area contributed by atoms with Crippen LogP contribution < -0.4 is 9.80 Å². The fourth-order valence-electron chi connectivity index (χ4n) is 3.76. The molecule has 0 saturated carbocycles. The van der Waals surface area contributed by atoms with Crippen molar-refractivity contribution in [2.75, 3.05) is 38.0 Å². The maximum atomic E-state index is 5.03. The van der Waals surface area contributed by atoms with Crippen molar-refractivity contribution in [3.8, 4) is 22.5 Å². The molecule has 2 aromatic heterocycles. The van der Waals surface area contributed by atoms with Crippen LogP contribution in [-0.2, 0) is 26.5 Å². The Balaban J connectivity index is 0.00000324. The van der Waals surface area contributed by atoms with E-state index in [9.17, 15) is 0 Å². The first-order valence-electron chi connectivity index (χ1n) is 11.1. The van der Waals surface area contributed by atoms with E-state index in [4.69, 9.17) is 9.97 Å². The molecule has 0 N–H and O–H groups in total. The Labute approximate surface area is 218 Å². The largest absolute Gasteiger partial charge is 2.00 e. The summed E-state index contributed by atoms with van der Waals surface area (Å²) in [5, 5.41) is 0. The van der Waals surface area contributed by atoms with Crippen molar-refractivity contribution in [2.24, 2.45) is 0 Å². The first kappa shape index (κ1) is 25.6. The summed E-state index contributed by atoms with van der Waals surface area (Å²) in [6.45, 7) is 4.34. The van der Waals surface area contributed by atoms with Crippen molar-refractivity contribution in [2.45, 2.75) is 19.3 Å². The van der Waals surface area contributed by atoms with Crippen LogP contribution in [0.1, 0.15) is 25.2 Å². The molecule has 176 valence electrons. The van der Waals surface area contributed by atoms with Gasteiger partial charge in [-0.25, -0.2) is 0 Å². The van der Waals surface area contributed by atoms with Crippen LogP contribution in [0.25, 0.3) is 22.5 Å². The van der Waals surface area contributed by atoms with E-state index in [0.29, 0.717) is 0 Å². The van der Waals surface area contributed by atoms with Gasteiger partial charge in [0.2, 0.25) is 0 Å². The van der Waals surface area contributed by atoms with Gasteiger partial charge in [0.1, 0.15) is 0 Å². The Bertz CT molecular complexity index is 1170. The van der Waals surface area contributed by atoms with Gasteiger partial charge in [-0.3, -0.25) is 0 Å². The Kier molecular flexibility index (Phi) is 7.94. The van der Waals surface area contributed by atoms with Gasteiger partial charge in [-0.05, 0) is 48.7 Å². The fourth-order valence-corrected chi connectivity index (χ4v) is 3.76. The first-order chi connectivity index (χ1) is 15.8. The van der Waals surface area contributed by atoms with E-state index >= 15 is 0 Å². The average molecular weight is 630 g/mol. The van der Waals surface area contributed by atoms with Gasteiger partial charge in [-0.2, -0.15) is 0 Å². The van der Waals surface area contributed by atoms with Crippen LogP contribution in [0.5, 0.6) is 0 Å². The van der Waals surface area contributed by atoms with E-state index in [2.05, 4.69) is 84.3 Å². The molecule has 0 saturated heterocycles. The summed E-state index contributed by atoms with van der Waals surface area (Å²) in [7, 11) is 8.15. The fraction of sp³-hybridized carbons (Fsp3) is 0.241. The van der Waals surface area contributed by atoms with Crippen LogP contribution in [-0.4, -0.2) is 38.2 Å². The molecular weight excluding hydrogens is 599 g/mol. The third-order valence-corrected chi connectivity index (χ3v) is 5.93. The number of aromatic nitrogens is 2. The normalized spacial score (nSPS) is 11.0. The van der Waals surface area contributed by atoms with Crippen molar-refractivity contribution in [3.63, 3.8) is 0 Å². The Morgan fingerprint density at radius 1 is 0.647 bits per heavy atom. The summed E-state index contributed by atoms with van der Waals surface area (Å²) in [6.07, 6.45) is 0. The van der Waals surface area contributed by atoms with Crippen molar-refractivity contribution in [3.05, 3.63) is 96.3 Å². The van der Waals surface area contributed by atoms with E-state index in [1.165, 1.54) is 0 Å². The summed E-state index contributed by atoms with van der Waals surface area (Å²) in [6, 6.07) is 31.3. The van der Waals surface area contributed by atoms with Gasteiger partial charge in [-0.15, -0.1) is 59.7 Å². The van der Waals surface area contributed by atoms with Gasteiger partial charge < -0.3 is 19.8 Å². The molecule has 4 nitrogen and oxygen atoms in total. The average Bonchev–Trinajstić information content (AvgIpc) is 2.84. The minimum absolute atomic E-state index is 0. The molecule has 0 unspecified atom stereocenters. The van der Waals surface area contributed by atoms with Crippen LogP contribution in [0.15, 0.2) is 72.8 Å². The van der Waals surface area contributed by atoms with Crippen molar-refractivity contribution >= 4 is 11.4 Å². The van der Waals surface area contributed by atoms with Gasteiger partial charge >= 0.3 is 21.1 Å². The van der Waals surface area contributed by atoms with Crippen LogP contribution in [0.2, 0.25) is 0 Å². The van der Waals surface area contributed by atoms with Crippen LogP contribution >= 0.6 is 0 Å². The molecule has 0 amide bonds. The molecule has 5 heteroatoms. The molecule has 4 rings (SSSR count). The number of hydrogen-bond acceptors (Lipinski definition) is 4. The topological polar surface area (TPSA) is 32.3 Å². The molecule has 0 aliphatic heterocycles. The van der Waals surface area contributed by atoms with Crippen LogP contribution in [0.4, 0.5) is 11.4 Å². The summed E-state index contributed by atoms with van der Waals surface area (Å²) < 4.78 is 0. The number of anilines is 2. The standard InChI is InChI=1S/C29H30N4.Pt/c1-29(2,27-17-9-15-25(30-27)21-11-7-13-23(19-21)32(3)4)28-18-10-16-26(31-28)22-12-8-14-24(20-22)33(5)6;/h7-10,13-20H,1-6H3;/q-2;+2. The second-order valence-electron chi connectivity index (χ2n) is 9.15. The molecule has 34 heavy (non-hydrogen) atoms. The number of nitrogens with zero attached hydrogens (tertiary/aromatic N) is 4. The monoisotopic (exact) mass is 629 g/mol. The third-order valence-electron chi connectivity index (χ3n) is 5.93. The summed E-state index contributed by atoms with van der Waals surface area (Å²) >= 11 is 0. The van der Waals surface area contributed by atoms with Crippen molar-refractivity contribution < 1.29 is 21.1 Å². The smallest absolute Gasteiger partial charge is 0.394 e. The second-order valence-corrected chi connectivity index (χ2v) is 9.15. The van der Waals surface area contributed by atoms with E-state index in [-0.39, 0.29) is 26.5 Å². The summed E-state index contributed by atoms with van der Waals surface area (Å²) in [5.74, 6) is 0. The van der Waals surface area contributed by atoms with Gasteiger partial charge in [0, 0.05) is 45.0 Å². The van der Waals surface area contributed by atoms with E-state index in [1.807, 2.05) is 52.5 Å². The predicted molar refractivity (Wildman–Crippen MR) is 138 cm³/mol. The summed E-state index contributed by atoms with van der Waals surface area (Å²) in [4.78, 5) is 14.2. The van der Waals surface area contributed by atoms with Gasteiger partial charge in [0.25, 0.3) is 0 Å². The van der Waals surface area contributed by atoms with E-state index < -0.39 is 0 Å². The Morgan fingerprint density at radius 2 is 1.06 bits per heavy atom. The molecule has 0 atom stereocenters. The number of hydrogen-bond donors (Lipinski definition) is 0. The molecule has 4 aromatic rings. The van der Waals surface area contributed by atoms with Crippen LogP contribution in [0.3, 0.4) is 0 Å². The first-order valence-corrected chi connectivity index (χ1v) is 11.1. The molecule has 0 spiro atoms. The van der Waals surface area contributed by atoms with Gasteiger partial charge in [0.05, 0.1) is 0 Å². The minimum Gasteiger partial charge on any atom is -0.394 e. The predicted octanol–water partition coefficient (Wildman–Crippen LogP) is 5.87. The number of benzene rings is 2. The number of pyridine rings is 2. The molecule has 0 aliphatic carbocycles. The molecule has 0 radical (unpaired) electrons. The Morgan fingerprint density at radius 3 is 1.44 bits per heavy atom. The molecule has 2 heterocycles. The molecular formula is C29H30N4Pt. The van der Waals surface area contributed by atoms with Crippen LogP contribution in [0, 0.1) is 12.1 Å². The Hall–Kier alpha value is -2.97. The maximum absolute atomic E-state index is 5.03. The van der Waals surface area contributed by atoms with Gasteiger partial charge in [0.15, 0.2) is 0 Å². The third kappa shape index (κ3) is 5.39. The zero-order valence-corrected chi connectivity index (χ0v) is 22.8. The second kappa shape index (κ2) is 10.5. The van der Waals surface area contributed by atoms with Crippen molar-refractivity contribution in [1.82, 2.24) is 9.97 Å². The quantitative estimate of drug-likeness (QED) is 0.250. The summed E-state index contributed by atoms with van der Waals surface area (Å²) in [5.41, 5.74) is 7.61. The maximum Gasteiger partial charge on any atom is 2.00 e. The molecule has 0 fully saturated rings. The molecule has 2 aromatic carbocycles. The zero-order valence-electron chi connectivity index (χ0n) is 20.5. The molecule has 0 aliphatic rings.